The van der Waals surface area contributed by atoms with Crippen LogP contribution in [0.15, 0.2) is 96.2 Å². The van der Waals surface area contributed by atoms with Crippen molar-refractivity contribution in [3.8, 4) is 0 Å². The maximum absolute atomic E-state index is 13.8. The van der Waals surface area contributed by atoms with Gasteiger partial charge in [-0.2, -0.15) is 0 Å². The average Bonchev–Trinajstić information content (AvgIpc) is 3.07. The van der Waals surface area contributed by atoms with E-state index < -0.39 is 6.04 Å². The summed E-state index contributed by atoms with van der Waals surface area (Å²) in [5, 5.41) is 0. The van der Waals surface area contributed by atoms with Crippen LogP contribution in [-0.2, 0) is 4.79 Å². The minimum atomic E-state index is -0.518. The molecule has 150 valence electrons. The molecule has 3 aromatic rings. The first kappa shape index (κ1) is 19.8. The van der Waals surface area contributed by atoms with E-state index in [0.717, 1.165) is 22.5 Å². The fourth-order valence-corrected chi connectivity index (χ4v) is 4.53. The van der Waals surface area contributed by atoms with Crippen LogP contribution in [-0.4, -0.2) is 17.6 Å². The number of allylic oxidation sites excluding steroid dienone is 1. The summed E-state index contributed by atoms with van der Waals surface area (Å²) in [4.78, 5) is 28.7. The Labute approximate surface area is 177 Å². The molecule has 3 heteroatoms. The molecule has 3 nitrogen and oxygen atoms in total. The standard InChI is InChI=1S/C27H25NO2/c1-18-11-10-16-23(17-18)28-19(2)24(20(3)29)25(21-12-6-4-7-13-21)26(28)27(30)22-14-8-5-9-15-22/h4-17,25-26H,1-3H3. The van der Waals surface area contributed by atoms with Crippen LogP contribution in [0.1, 0.15) is 41.3 Å². The van der Waals surface area contributed by atoms with Crippen molar-refractivity contribution in [2.45, 2.75) is 32.7 Å². The largest absolute Gasteiger partial charge is 0.333 e. The van der Waals surface area contributed by atoms with Crippen LogP contribution in [0.4, 0.5) is 5.69 Å². The van der Waals surface area contributed by atoms with Gasteiger partial charge in [-0.25, -0.2) is 0 Å². The number of benzene rings is 3. The molecule has 0 amide bonds. The van der Waals surface area contributed by atoms with E-state index in [9.17, 15) is 9.59 Å². The van der Waals surface area contributed by atoms with Crippen LogP contribution >= 0.6 is 0 Å². The molecule has 0 fully saturated rings. The van der Waals surface area contributed by atoms with Gasteiger partial charge in [0.1, 0.15) is 6.04 Å². The van der Waals surface area contributed by atoms with Gasteiger partial charge in [0.05, 0.1) is 0 Å². The first-order valence-corrected chi connectivity index (χ1v) is 10.2. The Morgan fingerprint density at radius 1 is 0.800 bits per heavy atom. The van der Waals surface area contributed by atoms with Gasteiger partial charge in [0, 0.05) is 28.4 Å². The van der Waals surface area contributed by atoms with Crippen LogP contribution in [0.25, 0.3) is 0 Å². The van der Waals surface area contributed by atoms with Gasteiger partial charge >= 0.3 is 0 Å². The molecule has 2 unspecified atom stereocenters. The first-order chi connectivity index (χ1) is 14.5. The number of hydrogen-bond donors (Lipinski definition) is 0. The third-order valence-electron chi connectivity index (χ3n) is 5.80. The van der Waals surface area contributed by atoms with Crippen molar-refractivity contribution >= 4 is 17.3 Å². The molecule has 3 aromatic carbocycles. The highest BCUT2D eigenvalue weighted by atomic mass is 16.1. The van der Waals surface area contributed by atoms with Crippen LogP contribution in [0.5, 0.6) is 0 Å². The Balaban J connectivity index is 1.94. The van der Waals surface area contributed by atoms with Crippen molar-refractivity contribution in [3.05, 3.63) is 113 Å². The summed E-state index contributed by atoms with van der Waals surface area (Å²) in [7, 11) is 0. The molecule has 0 bridgehead atoms. The van der Waals surface area contributed by atoms with Gasteiger partial charge in [-0.15, -0.1) is 0 Å². The number of nitrogens with zero attached hydrogens (tertiary/aromatic N) is 1. The fraction of sp³-hybridized carbons (Fsp3) is 0.185. The highest BCUT2D eigenvalue weighted by Gasteiger charge is 2.46. The Bertz CT molecular complexity index is 1120. The summed E-state index contributed by atoms with van der Waals surface area (Å²) in [5.74, 6) is -0.305. The Hall–Kier alpha value is -3.46. The molecule has 1 heterocycles. The van der Waals surface area contributed by atoms with E-state index in [2.05, 4.69) is 11.0 Å². The maximum Gasteiger partial charge on any atom is 0.186 e. The third-order valence-corrected chi connectivity index (χ3v) is 5.80. The lowest BCUT2D eigenvalue weighted by Crippen LogP contribution is -2.40. The normalized spacial score (nSPS) is 18.6. The minimum Gasteiger partial charge on any atom is -0.333 e. The fourth-order valence-electron chi connectivity index (χ4n) is 4.53. The molecule has 0 spiro atoms. The molecule has 0 aromatic heterocycles. The number of Topliss-reactive ketones (excluding diaryl/α,β-unsaturated/α-hetero) is 2. The van der Waals surface area contributed by atoms with Crippen LogP contribution in [0, 0.1) is 6.92 Å². The maximum atomic E-state index is 13.8. The second kappa shape index (κ2) is 8.11. The van der Waals surface area contributed by atoms with Gasteiger partial charge in [-0.1, -0.05) is 72.8 Å². The molecule has 0 saturated carbocycles. The molecule has 4 rings (SSSR count). The number of carbonyl (C=O) groups excluding carboxylic acids is 2. The molecule has 2 atom stereocenters. The molecular formula is C27H25NO2. The van der Waals surface area contributed by atoms with Gasteiger partial charge in [-0.3, -0.25) is 9.59 Å². The summed E-state index contributed by atoms with van der Waals surface area (Å²) >= 11 is 0. The smallest absolute Gasteiger partial charge is 0.186 e. The van der Waals surface area contributed by atoms with Gasteiger partial charge in [-0.05, 0) is 44.0 Å². The van der Waals surface area contributed by atoms with E-state index in [1.807, 2.05) is 92.7 Å². The highest BCUT2D eigenvalue weighted by Crippen LogP contribution is 2.45. The zero-order valence-corrected chi connectivity index (χ0v) is 17.5. The summed E-state index contributed by atoms with van der Waals surface area (Å²) in [6.07, 6.45) is 0. The van der Waals surface area contributed by atoms with Crippen LogP contribution < -0.4 is 4.90 Å². The predicted octanol–water partition coefficient (Wildman–Crippen LogP) is 5.71. The molecule has 1 aliphatic heterocycles. The molecule has 0 N–H and O–H groups in total. The molecular weight excluding hydrogens is 370 g/mol. The number of anilines is 1. The van der Waals surface area contributed by atoms with Gasteiger partial charge < -0.3 is 4.90 Å². The summed E-state index contributed by atoms with van der Waals surface area (Å²) in [6.45, 7) is 5.58. The number of aryl methyl sites for hydroxylation is 1. The van der Waals surface area contributed by atoms with E-state index in [1.165, 1.54) is 0 Å². The van der Waals surface area contributed by atoms with Gasteiger partial charge in [0.15, 0.2) is 11.6 Å². The number of carbonyl (C=O) groups is 2. The van der Waals surface area contributed by atoms with Crippen molar-refractivity contribution in [2.75, 3.05) is 4.90 Å². The van der Waals surface area contributed by atoms with Crippen molar-refractivity contribution in [3.63, 3.8) is 0 Å². The molecule has 0 radical (unpaired) electrons. The molecule has 0 saturated heterocycles. The average molecular weight is 396 g/mol. The van der Waals surface area contributed by atoms with Crippen molar-refractivity contribution < 1.29 is 9.59 Å². The minimum absolute atomic E-state index is 0.00219. The third kappa shape index (κ3) is 3.48. The van der Waals surface area contributed by atoms with Crippen LogP contribution in [0.3, 0.4) is 0 Å². The van der Waals surface area contributed by atoms with Crippen LogP contribution in [0.2, 0.25) is 0 Å². The van der Waals surface area contributed by atoms with E-state index in [-0.39, 0.29) is 17.5 Å². The van der Waals surface area contributed by atoms with Gasteiger partial charge in [0.25, 0.3) is 0 Å². The van der Waals surface area contributed by atoms with E-state index in [0.29, 0.717) is 11.1 Å². The summed E-state index contributed by atoms with van der Waals surface area (Å²) < 4.78 is 0. The lowest BCUT2D eigenvalue weighted by Gasteiger charge is -2.31. The first-order valence-electron chi connectivity index (χ1n) is 10.2. The Kier molecular flexibility index (Phi) is 5.37. The van der Waals surface area contributed by atoms with Gasteiger partial charge in [0.2, 0.25) is 0 Å². The molecule has 0 aliphatic carbocycles. The SMILES string of the molecule is CC(=O)C1=C(C)N(c2cccc(C)c2)C(C(=O)c2ccccc2)C1c1ccccc1. The second-order valence-corrected chi connectivity index (χ2v) is 7.83. The zero-order valence-electron chi connectivity index (χ0n) is 17.5. The zero-order chi connectivity index (χ0) is 21.3. The van der Waals surface area contributed by atoms with E-state index in [4.69, 9.17) is 0 Å². The van der Waals surface area contributed by atoms with Crippen molar-refractivity contribution in [1.82, 2.24) is 0 Å². The topological polar surface area (TPSA) is 37.4 Å². The van der Waals surface area contributed by atoms with E-state index in [1.54, 1.807) is 6.92 Å². The number of hydrogen-bond acceptors (Lipinski definition) is 3. The highest BCUT2D eigenvalue weighted by molar-refractivity contribution is 6.08. The quantitative estimate of drug-likeness (QED) is 0.519. The summed E-state index contributed by atoms with van der Waals surface area (Å²) in [5.41, 5.74) is 5.22. The Morgan fingerprint density at radius 3 is 2.03 bits per heavy atom. The number of rotatable bonds is 5. The summed E-state index contributed by atoms with van der Waals surface area (Å²) in [6, 6.07) is 26.8. The lowest BCUT2D eigenvalue weighted by atomic mass is 9.82. The lowest BCUT2D eigenvalue weighted by molar-refractivity contribution is -0.113. The van der Waals surface area contributed by atoms with Crippen molar-refractivity contribution in [2.24, 2.45) is 0 Å². The molecule has 1 aliphatic rings. The van der Waals surface area contributed by atoms with Crippen molar-refractivity contribution in [1.29, 1.82) is 0 Å². The second-order valence-electron chi connectivity index (χ2n) is 7.83. The molecule has 30 heavy (non-hydrogen) atoms. The predicted molar refractivity (Wildman–Crippen MR) is 121 cm³/mol. The number of ketones is 2. The Morgan fingerprint density at radius 2 is 1.43 bits per heavy atom. The van der Waals surface area contributed by atoms with E-state index >= 15 is 0 Å². The monoisotopic (exact) mass is 395 g/mol.